The molecule has 1 atom stereocenters. The highest BCUT2D eigenvalue weighted by Crippen LogP contribution is 2.19. The van der Waals surface area contributed by atoms with Crippen LogP contribution in [0.15, 0.2) is 83.3 Å². The average molecular weight is 536 g/mol. The molecule has 0 heterocycles. The molecular weight excluding hydrogens is 500 g/mol. The number of hydrogen-bond donors (Lipinski definition) is 1. The highest BCUT2D eigenvalue weighted by molar-refractivity contribution is 9.10. The summed E-state index contributed by atoms with van der Waals surface area (Å²) in [6.07, 6.45) is 1.45. The summed E-state index contributed by atoms with van der Waals surface area (Å²) in [5.74, 6) is 0.194. The van der Waals surface area contributed by atoms with Gasteiger partial charge in [0, 0.05) is 30.4 Å². The van der Waals surface area contributed by atoms with Gasteiger partial charge in [0.2, 0.25) is 11.8 Å². The molecule has 3 aromatic rings. The second kappa shape index (κ2) is 13.2. The number of rotatable bonds is 11. The zero-order valence-corrected chi connectivity index (χ0v) is 22.4. The Morgan fingerprint density at radius 1 is 0.886 bits per heavy atom. The molecule has 0 saturated carbocycles. The monoisotopic (exact) mass is 534 g/mol. The van der Waals surface area contributed by atoms with Gasteiger partial charge in [-0.1, -0.05) is 102 Å². The Bertz CT molecular complexity index is 1100. The lowest BCUT2D eigenvalue weighted by Crippen LogP contribution is -2.51. The van der Waals surface area contributed by atoms with Gasteiger partial charge in [0.25, 0.3) is 0 Å². The predicted molar refractivity (Wildman–Crippen MR) is 146 cm³/mol. The number of hydrogen-bond acceptors (Lipinski definition) is 2. The lowest BCUT2D eigenvalue weighted by atomic mass is 10.0. The van der Waals surface area contributed by atoms with Crippen molar-refractivity contribution in [2.24, 2.45) is 5.92 Å². The highest BCUT2D eigenvalue weighted by atomic mass is 79.9. The summed E-state index contributed by atoms with van der Waals surface area (Å²) in [6, 6.07) is 25.5. The van der Waals surface area contributed by atoms with E-state index in [9.17, 15) is 9.59 Å². The lowest BCUT2D eigenvalue weighted by Gasteiger charge is -2.32. The molecule has 0 aromatic heterocycles. The third-order valence-corrected chi connectivity index (χ3v) is 6.44. The number of benzene rings is 3. The molecule has 5 heteroatoms. The van der Waals surface area contributed by atoms with Crippen molar-refractivity contribution < 1.29 is 9.59 Å². The van der Waals surface area contributed by atoms with E-state index in [2.05, 4.69) is 66.3 Å². The summed E-state index contributed by atoms with van der Waals surface area (Å²) >= 11 is 3.53. The van der Waals surface area contributed by atoms with Gasteiger partial charge in [0.05, 0.1) is 0 Å². The maximum atomic E-state index is 13.7. The van der Waals surface area contributed by atoms with Gasteiger partial charge in [-0.25, -0.2) is 0 Å². The minimum atomic E-state index is -0.597. The molecule has 0 aliphatic rings. The third kappa shape index (κ3) is 8.66. The fraction of sp³-hybridized carbons (Fsp3) is 0.333. The van der Waals surface area contributed by atoms with Crippen molar-refractivity contribution in [3.8, 4) is 0 Å². The fourth-order valence-corrected chi connectivity index (χ4v) is 4.40. The zero-order valence-electron chi connectivity index (χ0n) is 20.8. The molecule has 0 unspecified atom stereocenters. The fourth-order valence-electron chi connectivity index (χ4n) is 3.96. The van der Waals surface area contributed by atoms with Gasteiger partial charge in [0.1, 0.15) is 6.04 Å². The van der Waals surface area contributed by atoms with Crippen LogP contribution in [0.4, 0.5) is 0 Å². The van der Waals surface area contributed by atoms with Gasteiger partial charge < -0.3 is 10.2 Å². The molecular formula is C30H35BrN2O2. The van der Waals surface area contributed by atoms with Crippen molar-refractivity contribution in [3.63, 3.8) is 0 Å². The molecule has 3 rings (SSSR count). The molecule has 1 N–H and O–H groups in total. The van der Waals surface area contributed by atoms with Crippen molar-refractivity contribution in [2.45, 2.75) is 52.6 Å². The Balaban J connectivity index is 1.89. The molecule has 3 aromatic carbocycles. The van der Waals surface area contributed by atoms with Crippen LogP contribution in [0.5, 0.6) is 0 Å². The Hall–Kier alpha value is -2.92. The molecule has 0 radical (unpaired) electrons. The van der Waals surface area contributed by atoms with E-state index in [0.29, 0.717) is 38.3 Å². The number of halogens is 1. The standard InChI is InChI=1S/C30H35BrN2O2/c1-22(2)20-32-30(35)28(19-25-8-5-4-6-9-25)33(21-26-10-7-11-27(31)18-26)29(34)17-16-24-14-12-23(3)13-15-24/h4-15,18,22,28H,16-17,19-21H2,1-3H3,(H,32,35)/t28-/m1/s1. The van der Waals surface area contributed by atoms with E-state index in [4.69, 9.17) is 0 Å². The Kier molecular flexibility index (Phi) is 10.1. The van der Waals surface area contributed by atoms with Crippen LogP contribution in [0.1, 0.15) is 42.5 Å². The van der Waals surface area contributed by atoms with Gasteiger partial charge in [-0.2, -0.15) is 0 Å². The van der Waals surface area contributed by atoms with Gasteiger partial charge in [-0.05, 0) is 48.1 Å². The molecule has 184 valence electrons. The first-order valence-corrected chi connectivity index (χ1v) is 13.0. The van der Waals surface area contributed by atoms with E-state index in [1.807, 2.05) is 54.6 Å². The molecule has 0 aliphatic carbocycles. The van der Waals surface area contributed by atoms with Gasteiger partial charge >= 0.3 is 0 Å². The van der Waals surface area contributed by atoms with Crippen LogP contribution >= 0.6 is 15.9 Å². The maximum absolute atomic E-state index is 13.7. The first-order valence-electron chi connectivity index (χ1n) is 12.2. The van der Waals surface area contributed by atoms with Crippen molar-refractivity contribution >= 4 is 27.7 Å². The number of carbonyl (C=O) groups excluding carboxylic acids is 2. The number of aryl methyl sites for hydroxylation is 2. The largest absolute Gasteiger partial charge is 0.354 e. The van der Waals surface area contributed by atoms with E-state index in [0.717, 1.165) is 21.2 Å². The quantitative estimate of drug-likeness (QED) is 0.323. The average Bonchev–Trinajstić information content (AvgIpc) is 2.85. The van der Waals surface area contributed by atoms with Crippen molar-refractivity contribution in [3.05, 3.63) is 106 Å². The Morgan fingerprint density at radius 3 is 2.23 bits per heavy atom. The summed E-state index contributed by atoms with van der Waals surface area (Å²) in [5.41, 5.74) is 4.33. The normalized spacial score (nSPS) is 11.8. The second-order valence-corrected chi connectivity index (χ2v) is 10.4. The molecule has 4 nitrogen and oxygen atoms in total. The molecule has 0 bridgehead atoms. The van der Waals surface area contributed by atoms with Gasteiger partial charge in [-0.15, -0.1) is 0 Å². The predicted octanol–water partition coefficient (Wildman–Crippen LogP) is 6.10. The number of nitrogens with zero attached hydrogens (tertiary/aromatic N) is 1. The Morgan fingerprint density at radius 2 is 1.57 bits per heavy atom. The number of nitrogens with one attached hydrogen (secondary N) is 1. The molecule has 0 saturated heterocycles. The number of carbonyl (C=O) groups is 2. The molecule has 35 heavy (non-hydrogen) atoms. The Labute approximate surface area is 217 Å². The topological polar surface area (TPSA) is 49.4 Å². The molecule has 0 spiro atoms. The minimum absolute atomic E-state index is 0.0221. The third-order valence-electron chi connectivity index (χ3n) is 5.95. The van der Waals surface area contributed by atoms with Crippen molar-refractivity contribution in [1.82, 2.24) is 10.2 Å². The van der Waals surface area contributed by atoms with E-state index in [1.165, 1.54) is 5.56 Å². The van der Waals surface area contributed by atoms with Crippen LogP contribution in [0.25, 0.3) is 0 Å². The van der Waals surface area contributed by atoms with E-state index in [1.54, 1.807) is 4.90 Å². The van der Waals surface area contributed by atoms with Crippen LogP contribution < -0.4 is 5.32 Å². The highest BCUT2D eigenvalue weighted by Gasteiger charge is 2.30. The first kappa shape index (κ1) is 26.7. The lowest BCUT2D eigenvalue weighted by molar-refractivity contribution is -0.141. The SMILES string of the molecule is Cc1ccc(CCC(=O)N(Cc2cccc(Br)c2)[C@H](Cc2ccccc2)C(=O)NCC(C)C)cc1. The molecule has 0 fully saturated rings. The van der Waals surface area contributed by atoms with Gasteiger partial charge in [-0.3, -0.25) is 9.59 Å². The maximum Gasteiger partial charge on any atom is 0.243 e. The van der Waals surface area contributed by atoms with Crippen molar-refractivity contribution in [1.29, 1.82) is 0 Å². The summed E-state index contributed by atoms with van der Waals surface area (Å²) in [5, 5.41) is 3.07. The first-order chi connectivity index (χ1) is 16.8. The van der Waals surface area contributed by atoms with Gasteiger partial charge in [0.15, 0.2) is 0 Å². The summed E-state index contributed by atoms with van der Waals surface area (Å²) < 4.78 is 0.950. The van der Waals surface area contributed by atoms with Crippen molar-refractivity contribution in [2.75, 3.05) is 6.54 Å². The second-order valence-electron chi connectivity index (χ2n) is 9.48. The number of amides is 2. The van der Waals surface area contributed by atoms with E-state index >= 15 is 0 Å². The van der Waals surface area contributed by atoms with Crippen LogP contribution in [0.2, 0.25) is 0 Å². The summed E-state index contributed by atoms with van der Waals surface area (Å²) in [6.45, 7) is 7.14. The van der Waals surface area contributed by atoms with E-state index in [-0.39, 0.29) is 11.8 Å². The van der Waals surface area contributed by atoms with E-state index < -0.39 is 6.04 Å². The molecule has 2 amide bonds. The van der Waals surface area contributed by atoms with Crippen LogP contribution in [-0.2, 0) is 29.0 Å². The summed E-state index contributed by atoms with van der Waals surface area (Å²) in [7, 11) is 0. The minimum Gasteiger partial charge on any atom is -0.354 e. The van der Waals surface area contributed by atoms with Crippen LogP contribution in [-0.4, -0.2) is 29.3 Å². The zero-order chi connectivity index (χ0) is 25.2. The van der Waals surface area contributed by atoms with Crippen LogP contribution in [0.3, 0.4) is 0 Å². The summed E-state index contributed by atoms with van der Waals surface area (Å²) in [4.78, 5) is 28.9. The van der Waals surface area contributed by atoms with Crippen LogP contribution in [0, 0.1) is 12.8 Å². The smallest absolute Gasteiger partial charge is 0.243 e. The molecule has 0 aliphatic heterocycles.